The highest BCUT2D eigenvalue weighted by atomic mass is 79.9. The van der Waals surface area contributed by atoms with Gasteiger partial charge in [0.15, 0.2) is 0 Å². The standard InChI is InChI=1S/C12H6BrFN2/c13-10-2-1-3-11(14)12(10)9-4-5-16-7-8(9)6-15/h1-5,7H. The van der Waals surface area contributed by atoms with Crippen molar-refractivity contribution in [3.63, 3.8) is 0 Å². The van der Waals surface area contributed by atoms with Gasteiger partial charge in [-0.2, -0.15) is 5.26 Å². The first kappa shape index (κ1) is 10.8. The Kier molecular flexibility index (Phi) is 2.97. The summed E-state index contributed by atoms with van der Waals surface area (Å²) in [6.45, 7) is 0. The van der Waals surface area contributed by atoms with Gasteiger partial charge in [0.1, 0.15) is 11.9 Å². The summed E-state index contributed by atoms with van der Waals surface area (Å²) in [5, 5.41) is 8.93. The van der Waals surface area contributed by atoms with Crippen molar-refractivity contribution in [2.75, 3.05) is 0 Å². The molecule has 0 aliphatic rings. The Morgan fingerprint density at radius 2 is 2.12 bits per heavy atom. The van der Waals surface area contributed by atoms with Gasteiger partial charge in [0.2, 0.25) is 0 Å². The molecule has 0 atom stereocenters. The zero-order valence-corrected chi connectivity index (χ0v) is 9.70. The summed E-state index contributed by atoms with van der Waals surface area (Å²) in [5.41, 5.74) is 1.29. The van der Waals surface area contributed by atoms with E-state index < -0.39 is 0 Å². The van der Waals surface area contributed by atoms with Crippen molar-refractivity contribution in [2.24, 2.45) is 0 Å². The van der Waals surface area contributed by atoms with Crippen LogP contribution in [0.25, 0.3) is 11.1 Å². The second kappa shape index (κ2) is 4.42. The molecule has 0 aliphatic heterocycles. The van der Waals surface area contributed by atoms with Gasteiger partial charge in [-0.25, -0.2) is 4.39 Å². The zero-order valence-electron chi connectivity index (χ0n) is 8.11. The van der Waals surface area contributed by atoms with E-state index in [9.17, 15) is 4.39 Å². The molecule has 78 valence electrons. The van der Waals surface area contributed by atoms with Crippen molar-refractivity contribution < 1.29 is 4.39 Å². The molecule has 0 fully saturated rings. The number of nitriles is 1. The summed E-state index contributed by atoms with van der Waals surface area (Å²) in [7, 11) is 0. The van der Waals surface area contributed by atoms with Gasteiger partial charge in [-0.1, -0.05) is 22.0 Å². The third-order valence-corrected chi connectivity index (χ3v) is 2.83. The molecule has 2 aromatic rings. The molecule has 0 spiro atoms. The van der Waals surface area contributed by atoms with Gasteiger partial charge < -0.3 is 0 Å². The van der Waals surface area contributed by atoms with Crippen molar-refractivity contribution in [2.45, 2.75) is 0 Å². The van der Waals surface area contributed by atoms with Gasteiger partial charge in [-0.15, -0.1) is 0 Å². The average molecular weight is 277 g/mol. The van der Waals surface area contributed by atoms with Gasteiger partial charge in [-0.3, -0.25) is 4.98 Å². The molecule has 0 saturated carbocycles. The highest BCUT2D eigenvalue weighted by molar-refractivity contribution is 9.10. The largest absolute Gasteiger partial charge is 0.263 e. The van der Waals surface area contributed by atoms with Crippen molar-refractivity contribution >= 4 is 15.9 Å². The maximum Gasteiger partial charge on any atom is 0.132 e. The van der Waals surface area contributed by atoms with E-state index >= 15 is 0 Å². The summed E-state index contributed by atoms with van der Waals surface area (Å²) in [5.74, 6) is -0.364. The maximum atomic E-state index is 13.7. The van der Waals surface area contributed by atoms with Crippen LogP contribution in [0, 0.1) is 17.1 Å². The normalized spacial score (nSPS) is 9.81. The summed E-state index contributed by atoms with van der Waals surface area (Å²) < 4.78 is 14.3. The van der Waals surface area contributed by atoms with Crippen LogP contribution in [0.5, 0.6) is 0 Å². The number of aromatic nitrogens is 1. The number of hydrogen-bond donors (Lipinski definition) is 0. The van der Waals surface area contributed by atoms with Gasteiger partial charge in [0.25, 0.3) is 0 Å². The Hall–Kier alpha value is -1.73. The Morgan fingerprint density at radius 1 is 1.31 bits per heavy atom. The highest BCUT2D eigenvalue weighted by Gasteiger charge is 2.12. The van der Waals surface area contributed by atoms with E-state index in [2.05, 4.69) is 20.9 Å². The van der Waals surface area contributed by atoms with Crippen LogP contribution in [0.2, 0.25) is 0 Å². The van der Waals surface area contributed by atoms with Gasteiger partial charge in [0.05, 0.1) is 5.56 Å². The SMILES string of the molecule is N#Cc1cnccc1-c1c(F)cccc1Br. The van der Waals surface area contributed by atoms with Gasteiger partial charge in [0, 0.05) is 28.0 Å². The Balaban J connectivity index is 2.73. The minimum Gasteiger partial charge on any atom is -0.263 e. The quantitative estimate of drug-likeness (QED) is 0.799. The lowest BCUT2D eigenvalue weighted by Crippen LogP contribution is -1.90. The summed E-state index contributed by atoms with van der Waals surface area (Å²) in [4.78, 5) is 3.84. The van der Waals surface area contributed by atoms with Crippen LogP contribution < -0.4 is 0 Å². The molecule has 0 N–H and O–H groups in total. The van der Waals surface area contributed by atoms with Crippen LogP contribution in [0.3, 0.4) is 0 Å². The molecule has 0 bridgehead atoms. The molecule has 16 heavy (non-hydrogen) atoms. The lowest BCUT2D eigenvalue weighted by molar-refractivity contribution is 0.630. The molecule has 0 amide bonds. The smallest absolute Gasteiger partial charge is 0.132 e. The monoisotopic (exact) mass is 276 g/mol. The second-order valence-electron chi connectivity index (χ2n) is 3.13. The fourth-order valence-corrected chi connectivity index (χ4v) is 2.01. The molecule has 0 unspecified atom stereocenters. The molecule has 0 aliphatic carbocycles. The molecule has 0 radical (unpaired) electrons. The minimum absolute atomic E-state index is 0.355. The van der Waals surface area contributed by atoms with E-state index in [1.54, 1.807) is 18.2 Å². The van der Waals surface area contributed by atoms with E-state index in [-0.39, 0.29) is 5.82 Å². The number of benzene rings is 1. The van der Waals surface area contributed by atoms with Crippen LogP contribution in [-0.2, 0) is 0 Å². The highest BCUT2D eigenvalue weighted by Crippen LogP contribution is 2.32. The number of pyridine rings is 1. The second-order valence-corrected chi connectivity index (χ2v) is 3.98. The molecule has 1 aromatic heterocycles. The predicted octanol–water partition coefficient (Wildman–Crippen LogP) is 3.52. The van der Waals surface area contributed by atoms with Gasteiger partial charge in [-0.05, 0) is 18.2 Å². The average Bonchev–Trinajstić information content (AvgIpc) is 2.29. The molecule has 0 saturated heterocycles. The summed E-state index contributed by atoms with van der Waals surface area (Å²) in [6, 6.07) is 8.33. The zero-order chi connectivity index (χ0) is 11.5. The van der Waals surface area contributed by atoms with Crippen LogP contribution >= 0.6 is 15.9 Å². The third-order valence-electron chi connectivity index (χ3n) is 2.17. The molecule has 4 heteroatoms. The van der Waals surface area contributed by atoms with Gasteiger partial charge >= 0.3 is 0 Å². The summed E-state index contributed by atoms with van der Waals surface area (Å²) in [6.07, 6.45) is 2.96. The van der Waals surface area contributed by atoms with E-state index in [1.165, 1.54) is 18.5 Å². The Bertz CT molecular complexity index is 555. The molecular weight excluding hydrogens is 271 g/mol. The molecule has 1 aromatic carbocycles. The van der Waals surface area contributed by atoms with E-state index in [0.717, 1.165) is 0 Å². The molecule has 1 heterocycles. The first-order chi connectivity index (χ1) is 7.74. The predicted molar refractivity (Wildman–Crippen MR) is 62.0 cm³/mol. The number of rotatable bonds is 1. The minimum atomic E-state index is -0.364. The Labute approximate surface area is 100 Å². The van der Waals surface area contributed by atoms with E-state index in [1.807, 2.05) is 6.07 Å². The van der Waals surface area contributed by atoms with Crippen molar-refractivity contribution in [1.29, 1.82) is 5.26 Å². The number of halogens is 2. The topological polar surface area (TPSA) is 36.7 Å². The number of hydrogen-bond acceptors (Lipinski definition) is 2. The molecular formula is C12H6BrFN2. The Morgan fingerprint density at radius 3 is 2.81 bits per heavy atom. The number of nitrogens with zero attached hydrogens (tertiary/aromatic N) is 2. The van der Waals surface area contributed by atoms with Crippen molar-refractivity contribution in [1.82, 2.24) is 4.98 Å². The first-order valence-corrected chi connectivity index (χ1v) is 5.32. The molecule has 2 nitrogen and oxygen atoms in total. The summed E-state index contributed by atoms with van der Waals surface area (Å²) >= 11 is 3.28. The fourth-order valence-electron chi connectivity index (χ4n) is 1.46. The van der Waals surface area contributed by atoms with Crippen LogP contribution in [-0.4, -0.2) is 4.98 Å². The van der Waals surface area contributed by atoms with E-state index in [4.69, 9.17) is 5.26 Å². The lowest BCUT2D eigenvalue weighted by atomic mass is 10.0. The van der Waals surface area contributed by atoms with E-state index in [0.29, 0.717) is 21.2 Å². The first-order valence-electron chi connectivity index (χ1n) is 4.52. The fraction of sp³-hybridized carbons (Fsp3) is 0. The van der Waals surface area contributed by atoms with Crippen molar-refractivity contribution in [3.05, 3.63) is 52.5 Å². The maximum absolute atomic E-state index is 13.7. The van der Waals surface area contributed by atoms with Crippen molar-refractivity contribution in [3.8, 4) is 17.2 Å². The van der Waals surface area contributed by atoms with Crippen LogP contribution in [0.1, 0.15) is 5.56 Å². The molecule has 2 rings (SSSR count). The lowest BCUT2D eigenvalue weighted by Gasteiger charge is -2.07. The van der Waals surface area contributed by atoms with Crippen LogP contribution in [0.15, 0.2) is 41.1 Å². The third kappa shape index (κ3) is 1.82. The van der Waals surface area contributed by atoms with Crippen LogP contribution in [0.4, 0.5) is 4.39 Å².